The highest BCUT2D eigenvalue weighted by atomic mass is 35.5. The molecule has 1 aromatic rings. The van der Waals surface area contributed by atoms with E-state index in [1.807, 2.05) is 13.8 Å². The van der Waals surface area contributed by atoms with Crippen molar-refractivity contribution in [3.8, 4) is 0 Å². The van der Waals surface area contributed by atoms with Gasteiger partial charge in [0, 0.05) is 56.8 Å². The van der Waals surface area contributed by atoms with Gasteiger partial charge in [0.25, 0.3) is 5.91 Å². The topological polar surface area (TPSA) is 90.1 Å². The Morgan fingerprint density at radius 3 is 2.74 bits per heavy atom. The van der Waals surface area contributed by atoms with Crippen LogP contribution >= 0.6 is 12.4 Å². The molecule has 0 aliphatic carbocycles. The average Bonchev–Trinajstić information content (AvgIpc) is 2.96. The van der Waals surface area contributed by atoms with E-state index in [2.05, 4.69) is 20.8 Å². The average molecular weight is 344 g/mol. The summed E-state index contributed by atoms with van der Waals surface area (Å²) in [6.07, 6.45) is 1.97. The van der Waals surface area contributed by atoms with Crippen molar-refractivity contribution < 1.29 is 9.59 Å². The first-order valence-electron chi connectivity index (χ1n) is 8.00. The maximum absolute atomic E-state index is 12.2. The molecule has 0 saturated carbocycles. The molecule has 1 aliphatic heterocycles. The molecule has 0 bridgehead atoms. The summed E-state index contributed by atoms with van der Waals surface area (Å²) < 4.78 is 0. The van der Waals surface area contributed by atoms with E-state index in [9.17, 15) is 9.59 Å². The molecule has 0 atom stereocenters. The molecule has 130 valence electrons. The van der Waals surface area contributed by atoms with Crippen LogP contribution in [-0.4, -0.2) is 53.1 Å². The molecule has 0 radical (unpaired) electrons. The second-order valence-electron chi connectivity index (χ2n) is 5.38. The molecule has 1 aromatic heterocycles. The van der Waals surface area contributed by atoms with E-state index in [0.717, 1.165) is 37.3 Å². The Kier molecular flexibility index (Phi) is 8.05. The summed E-state index contributed by atoms with van der Waals surface area (Å²) in [5.41, 5.74) is 2.47. The van der Waals surface area contributed by atoms with Gasteiger partial charge in [0.1, 0.15) is 0 Å². The van der Waals surface area contributed by atoms with Crippen LogP contribution in [-0.2, 0) is 17.8 Å². The quantitative estimate of drug-likeness (QED) is 0.640. The lowest BCUT2D eigenvalue weighted by Crippen LogP contribution is -2.32. The number of amides is 2. The number of carbonyl (C=O) groups excluding carboxylic acids is 2. The fourth-order valence-electron chi connectivity index (χ4n) is 2.67. The second kappa shape index (κ2) is 9.52. The van der Waals surface area contributed by atoms with E-state index >= 15 is 0 Å². The van der Waals surface area contributed by atoms with Gasteiger partial charge in [0.15, 0.2) is 5.69 Å². The maximum atomic E-state index is 12.2. The van der Waals surface area contributed by atoms with Gasteiger partial charge >= 0.3 is 0 Å². The number of hydrogen-bond acceptors (Lipinski definition) is 4. The first-order chi connectivity index (χ1) is 10.7. The van der Waals surface area contributed by atoms with E-state index in [4.69, 9.17) is 0 Å². The Labute approximate surface area is 143 Å². The number of hydrogen-bond donors (Lipinski definition) is 3. The number of nitrogens with one attached hydrogen (secondary N) is 3. The van der Waals surface area contributed by atoms with Crippen molar-refractivity contribution >= 4 is 24.2 Å². The van der Waals surface area contributed by atoms with Crippen LogP contribution in [0.4, 0.5) is 0 Å². The van der Waals surface area contributed by atoms with Gasteiger partial charge in [-0.15, -0.1) is 12.4 Å². The molecule has 0 spiro atoms. The fourth-order valence-corrected chi connectivity index (χ4v) is 2.67. The molecule has 2 amide bonds. The van der Waals surface area contributed by atoms with Crippen molar-refractivity contribution in [2.24, 2.45) is 0 Å². The lowest BCUT2D eigenvalue weighted by atomic mass is 10.1. The summed E-state index contributed by atoms with van der Waals surface area (Å²) in [4.78, 5) is 25.8. The minimum absolute atomic E-state index is 0. The maximum Gasteiger partial charge on any atom is 0.272 e. The Balaban J connectivity index is 0.00000264. The minimum atomic E-state index is -0.170. The van der Waals surface area contributed by atoms with Crippen LogP contribution in [0.5, 0.6) is 0 Å². The highest BCUT2D eigenvalue weighted by Gasteiger charge is 2.21. The molecule has 1 aliphatic rings. The van der Waals surface area contributed by atoms with Gasteiger partial charge in [0.05, 0.1) is 0 Å². The predicted molar refractivity (Wildman–Crippen MR) is 90.7 cm³/mol. The van der Waals surface area contributed by atoms with Crippen molar-refractivity contribution in [3.63, 3.8) is 0 Å². The van der Waals surface area contributed by atoms with E-state index in [-0.39, 0.29) is 24.2 Å². The van der Waals surface area contributed by atoms with Gasteiger partial charge in [-0.25, -0.2) is 0 Å². The van der Waals surface area contributed by atoms with Gasteiger partial charge in [0.2, 0.25) is 5.91 Å². The van der Waals surface area contributed by atoms with Crippen LogP contribution in [0.3, 0.4) is 0 Å². The van der Waals surface area contributed by atoms with Gasteiger partial charge in [-0.05, 0) is 20.3 Å². The number of rotatable bonds is 7. The molecule has 23 heavy (non-hydrogen) atoms. The molecule has 0 saturated heterocycles. The zero-order chi connectivity index (χ0) is 15.9. The third-order valence-corrected chi connectivity index (χ3v) is 3.99. The highest BCUT2D eigenvalue weighted by Crippen LogP contribution is 2.14. The van der Waals surface area contributed by atoms with Crippen LogP contribution < -0.4 is 10.6 Å². The zero-order valence-electron chi connectivity index (χ0n) is 13.8. The molecule has 3 N–H and O–H groups in total. The monoisotopic (exact) mass is 343 g/mol. The number of carbonyl (C=O) groups is 2. The van der Waals surface area contributed by atoms with Crippen LogP contribution in [0, 0.1) is 0 Å². The van der Waals surface area contributed by atoms with E-state index in [1.165, 1.54) is 0 Å². The Morgan fingerprint density at radius 1 is 1.30 bits per heavy atom. The largest absolute Gasteiger partial charge is 0.351 e. The molecular formula is C15H26ClN5O2. The van der Waals surface area contributed by atoms with Gasteiger partial charge < -0.3 is 15.5 Å². The smallest absolute Gasteiger partial charge is 0.272 e. The van der Waals surface area contributed by atoms with Gasteiger partial charge in [-0.1, -0.05) is 0 Å². The SMILES string of the molecule is CCN(CC)C(=O)CCCNC(=O)c1n[nH]c2c1CNCC2.Cl. The fraction of sp³-hybridized carbons (Fsp3) is 0.667. The van der Waals surface area contributed by atoms with Gasteiger partial charge in [-0.3, -0.25) is 14.7 Å². The first-order valence-corrected chi connectivity index (χ1v) is 8.00. The summed E-state index contributed by atoms with van der Waals surface area (Å²) in [5.74, 6) is -0.0305. The molecule has 0 unspecified atom stereocenters. The minimum Gasteiger partial charge on any atom is -0.351 e. The van der Waals surface area contributed by atoms with E-state index in [1.54, 1.807) is 4.90 Å². The molecular weight excluding hydrogens is 318 g/mol. The lowest BCUT2D eigenvalue weighted by molar-refractivity contribution is -0.130. The summed E-state index contributed by atoms with van der Waals surface area (Å²) in [6, 6.07) is 0. The Bertz CT molecular complexity index is 528. The van der Waals surface area contributed by atoms with Crippen LogP contribution in [0.25, 0.3) is 0 Å². The molecule has 0 aromatic carbocycles. The van der Waals surface area contributed by atoms with E-state index < -0.39 is 0 Å². The number of fused-ring (bicyclic) bond motifs is 1. The molecule has 2 rings (SSSR count). The van der Waals surface area contributed by atoms with Crippen LogP contribution in [0.2, 0.25) is 0 Å². The third kappa shape index (κ3) is 4.94. The molecule has 0 fully saturated rings. The number of aromatic amines is 1. The third-order valence-electron chi connectivity index (χ3n) is 3.99. The molecule has 7 nitrogen and oxygen atoms in total. The summed E-state index contributed by atoms with van der Waals surface area (Å²) in [5, 5.41) is 13.1. The summed E-state index contributed by atoms with van der Waals surface area (Å²) in [7, 11) is 0. The highest BCUT2D eigenvalue weighted by molar-refractivity contribution is 5.94. The summed E-state index contributed by atoms with van der Waals surface area (Å²) >= 11 is 0. The Hall–Kier alpha value is -1.60. The predicted octanol–water partition coefficient (Wildman–Crippen LogP) is 0.856. The van der Waals surface area contributed by atoms with Crippen molar-refractivity contribution in [1.29, 1.82) is 0 Å². The van der Waals surface area contributed by atoms with E-state index in [0.29, 0.717) is 31.6 Å². The first kappa shape index (κ1) is 19.4. The van der Waals surface area contributed by atoms with Gasteiger partial charge in [-0.2, -0.15) is 5.10 Å². The van der Waals surface area contributed by atoms with Crippen LogP contribution in [0.15, 0.2) is 0 Å². The van der Waals surface area contributed by atoms with Crippen LogP contribution in [0.1, 0.15) is 48.4 Å². The second-order valence-corrected chi connectivity index (χ2v) is 5.38. The van der Waals surface area contributed by atoms with Crippen molar-refractivity contribution in [3.05, 3.63) is 17.0 Å². The molecule has 2 heterocycles. The summed E-state index contributed by atoms with van der Waals surface area (Å²) in [6.45, 7) is 7.47. The normalized spacial score (nSPS) is 13.0. The van der Waals surface area contributed by atoms with Crippen molar-refractivity contribution in [1.82, 2.24) is 25.7 Å². The zero-order valence-corrected chi connectivity index (χ0v) is 14.6. The van der Waals surface area contributed by atoms with Crippen molar-refractivity contribution in [2.45, 2.75) is 39.7 Å². The standard InChI is InChI=1S/C15H25N5O2.ClH/c1-3-20(4-2)13(21)6-5-8-17-15(22)14-11-10-16-9-7-12(11)18-19-14;/h16H,3-10H2,1-2H3,(H,17,22)(H,18,19);1H. The molecule has 8 heteroatoms. The number of aromatic nitrogens is 2. The lowest BCUT2D eigenvalue weighted by Gasteiger charge is -2.18. The van der Waals surface area contributed by atoms with Crippen molar-refractivity contribution in [2.75, 3.05) is 26.2 Å². The number of nitrogens with zero attached hydrogens (tertiary/aromatic N) is 2. The number of halogens is 1. The number of H-pyrrole nitrogens is 1. The Morgan fingerprint density at radius 2 is 2.04 bits per heavy atom.